The first-order chi connectivity index (χ1) is 11.7. The molecule has 3 aromatic rings. The number of hydrogen-bond donors (Lipinski definition) is 0. The summed E-state index contributed by atoms with van der Waals surface area (Å²) >= 11 is 0. The number of nitrogens with zero attached hydrogens (tertiary/aromatic N) is 3. The van der Waals surface area contributed by atoms with Gasteiger partial charge in [0.15, 0.2) is 0 Å². The van der Waals surface area contributed by atoms with Gasteiger partial charge in [0.2, 0.25) is 11.7 Å². The molecule has 0 aliphatic heterocycles. The Kier molecular flexibility index (Phi) is 4.91. The van der Waals surface area contributed by atoms with Crippen LogP contribution in [0.2, 0.25) is 0 Å². The molecule has 124 valence electrons. The molecule has 5 heteroatoms. The molecule has 1 atom stereocenters. The number of para-hydroxylation sites is 1. The fourth-order valence-electron chi connectivity index (χ4n) is 2.69. The van der Waals surface area contributed by atoms with Gasteiger partial charge in [-0.3, -0.25) is 4.90 Å². The number of benzene rings is 2. The average Bonchev–Trinajstić information content (AvgIpc) is 3.12. The molecule has 0 unspecified atom stereocenters. The first-order valence-electron chi connectivity index (χ1n) is 7.96. The average molecular weight is 323 g/mol. The summed E-state index contributed by atoms with van der Waals surface area (Å²) in [5.41, 5.74) is 1.94. The van der Waals surface area contributed by atoms with Gasteiger partial charge in [-0.1, -0.05) is 54.5 Å². The molecule has 0 aliphatic rings. The lowest BCUT2D eigenvalue weighted by Gasteiger charge is -2.23. The summed E-state index contributed by atoms with van der Waals surface area (Å²) in [4.78, 5) is 6.81. The molecule has 0 radical (unpaired) electrons. The van der Waals surface area contributed by atoms with Gasteiger partial charge in [0.05, 0.1) is 12.7 Å². The molecule has 0 spiro atoms. The number of methoxy groups -OCH3 is 1. The molecule has 0 aliphatic carbocycles. The minimum absolute atomic E-state index is 0.0767. The van der Waals surface area contributed by atoms with Gasteiger partial charge in [0, 0.05) is 0 Å². The van der Waals surface area contributed by atoms with Gasteiger partial charge in [-0.15, -0.1) is 0 Å². The maximum atomic E-state index is 5.60. The summed E-state index contributed by atoms with van der Waals surface area (Å²) in [7, 11) is 3.68. The molecule has 3 rings (SSSR count). The minimum atomic E-state index is -0.0767. The van der Waals surface area contributed by atoms with E-state index in [1.54, 1.807) is 7.11 Å². The van der Waals surface area contributed by atoms with E-state index in [0.29, 0.717) is 11.7 Å². The minimum Gasteiger partial charge on any atom is -0.496 e. The Morgan fingerprint density at radius 1 is 1.08 bits per heavy atom. The largest absolute Gasteiger partial charge is 0.496 e. The molecule has 0 saturated heterocycles. The van der Waals surface area contributed by atoms with E-state index < -0.39 is 0 Å². The van der Waals surface area contributed by atoms with Crippen LogP contribution in [-0.2, 0) is 0 Å². The lowest BCUT2D eigenvalue weighted by molar-refractivity contribution is 0.234. The van der Waals surface area contributed by atoms with Crippen molar-refractivity contribution in [1.29, 1.82) is 0 Å². The third-order valence-electron chi connectivity index (χ3n) is 4.08. The van der Waals surface area contributed by atoms with Crippen LogP contribution < -0.4 is 4.74 Å². The molecule has 1 heterocycles. The van der Waals surface area contributed by atoms with Gasteiger partial charge in [-0.25, -0.2) is 0 Å². The van der Waals surface area contributed by atoms with Crippen molar-refractivity contribution in [3.63, 3.8) is 0 Å². The van der Waals surface area contributed by atoms with Gasteiger partial charge in [0.1, 0.15) is 11.8 Å². The molecule has 5 nitrogen and oxygen atoms in total. The normalized spacial score (nSPS) is 12.3. The topological polar surface area (TPSA) is 51.4 Å². The standard InChI is InChI=1S/C19H21N3O2/c1-4-22(2)17(14-10-6-5-7-11-14)19-20-18(21-24-19)15-12-8-9-13-16(15)23-3/h5-13,17H,4H2,1-3H3/t17-/m0/s1. The first-order valence-corrected chi connectivity index (χ1v) is 7.96. The molecule has 24 heavy (non-hydrogen) atoms. The zero-order chi connectivity index (χ0) is 16.9. The Morgan fingerprint density at radius 3 is 2.50 bits per heavy atom. The maximum Gasteiger partial charge on any atom is 0.248 e. The summed E-state index contributed by atoms with van der Waals surface area (Å²) < 4.78 is 11.0. The van der Waals surface area contributed by atoms with Crippen molar-refractivity contribution in [3.8, 4) is 17.1 Å². The van der Waals surface area contributed by atoms with Crippen molar-refractivity contribution in [1.82, 2.24) is 15.0 Å². The van der Waals surface area contributed by atoms with Crippen LogP contribution >= 0.6 is 0 Å². The summed E-state index contributed by atoms with van der Waals surface area (Å²) in [6.07, 6.45) is 0. The van der Waals surface area contributed by atoms with Gasteiger partial charge in [-0.05, 0) is 31.3 Å². The zero-order valence-electron chi connectivity index (χ0n) is 14.1. The van der Waals surface area contributed by atoms with Crippen LogP contribution in [0, 0.1) is 0 Å². The number of ether oxygens (including phenoxy) is 1. The van der Waals surface area contributed by atoms with Crippen molar-refractivity contribution in [3.05, 3.63) is 66.1 Å². The van der Waals surface area contributed by atoms with E-state index >= 15 is 0 Å². The summed E-state index contributed by atoms with van der Waals surface area (Å²) in [6, 6.07) is 17.8. The van der Waals surface area contributed by atoms with Gasteiger partial charge < -0.3 is 9.26 Å². The maximum absolute atomic E-state index is 5.60. The summed E-state index contributed by atoms with van der Waals surface area (Å²) in [5, 5.41) is 4.17. The van der Waals surface area contributed by atoms with E-state index in [1.807, 2.05) is 49.5 Å². The molecule has 0 fully saturated rings. The van der Waals surface area contributed by atoms with Crippen molar-refractivity contribution in [2.24, 2.45) is 0 Å². The Hall–Kier alpha value is -2.66. The fraction of sp³-hybridized carbons (Fsp3) is 0.263. The van der Waals surface area contributed by atoms with Crippen LogP contribution in [-0.4, -0.2) is 35.7 Å². The SMILES string of the molecule is CCN(C)[C@@H](c1ccccc1)c1nc(-c2ccccc2OC)no1. The highest BCUT2D eigenvalue weighted by molar-refractivity contribution is 5.63. The quantitative estimate of drug-likeness (QED) is 0.691. The second kappa shape index (κ2) is 7.27. The predicted octanol–water partition coefficient (Wildman–Crippen LogP) is 3.79. The lowest BCUT2D eigenvalue weighted by atomic mass is 10.1. The predicted molar refractivity (Wildman–Crippen MR) is 92.9 cm³/mol. The van der Waals surface area contributed by atoms with Crippen molar-refractivity contribution < 1.29 is 9.26 Å². The van der Waals surface area contributed by atoms with Crippen molar-refractivity contribution in [2.75, 3.05) is 20.7 Å². The Balaban J connectivity index is 2.01. The van der Waals surface area contributed by atoms with E-state index in [0.717, 1.165) is 23.4 Å². The van der Waals surface area contributed by atoms with Crippen molar-refractivity contribution >= 4 is 0 Å². The highest BCUT2D eigenvalue weighted by Crippen LogP contribution is 2.31. The molecule has 0 saturated carbocycles. The molecular weight excluding hydrogens is 302 g/mol. The fourth-order valence-corrected chi connectivity index (χ4v) is 2.69. The second-order valence-corrected chi connectivity index (χ2v) is 5.54. The summed E-state index contributed by atoms with van der Waals surface area (Å²) in [6.45, 7) is 2.97. The van der Waals surface area contributed by atoms with Crippen LogP contribution in [0.1, 0.15) is 24.4 Å². The monoisotopic (exact) mass is 323 g/mol. The van der Waals surface area contributed by atoms with E-state index in [9.17, 15) is 0 Å². The Bertz CT molecular complexity index is 786. The number of rotatable bonds is 6. The van der Waals surface area contributed by atoms with E-state index in [2.05, 4.69) is 34.1 Å². The zero-order valence-corrected chi connectivity index (χ0v) is 14.1. The number of aromatic nitrogens is 2. The molecular formula is C19H21N3O2. The van der Waals surface area contributed by atoms with Crippen molar-refractivity contribution in [2.45, 2.75) is 13.0 Å². The first kappa shape index (κ1) is 16.2. The van der Waals surface area contributed by atoms with Gasteiger partial charge in [-0.2, -0.15) is 4.98 Å². The van der Waals surface area contributed by atoms with E-state index in [-0.39, 0.29) is 6.04 Å². The third-order valence-corrected chi connectivity index (χ3v) is 4.08. The van der Waals surface area contributed by atoms with Crippen LogP contribution in [0.25, 0.3) is 11.4 Å². The molecule has 1 aromatic heterocycles. The smallest absolute Gasteiger partial charge is 0.248 e. The van der Waals surface area contributed by atoms with Gasteiger partial charge >= 0.3 is 0 Å². The Labute approximate surface area is 141 Å². The highest BCUT2D eigenvalue weighted by atomic mass is 16.5. The van der Waals surface area contributed by atoms with E-state index in [4.69, 9.17) is 9.26 Å². The van der Waals surface area contributed by atoms with Crippen LogP contribution in [0.3, 0.4) is 0 Å². The molecule has 2 aromatic carbocycles. The van der Waals surface area contributed by atoms with Crippen LogP contribution in [0.4, 0.5) is 0 Å². The molecule has 0 amide bonds. The third kappa shape index (κ3) is 3.16. The molecule has 0 bridgehead atoms. The van der Waals surface area contributed by atoms with Crippen LogP contribution in [0.15, 0.2) is 59.1 Å². The Morgan fingerprint density at radius 2 is 1.79 bits per heavy atom. The van der Waals surface area contributed by atoms with Crippen LogP contribution in [0.5, 0.6) is 5.75 Å². The second-order valence-electron chi connectivity index (χ2n) is 5.54. The number of hydrogen-bond acceptors (Lipinski definition) is 5. The lowest BCUT2D eigenvalue weighted by Crippen LogP contribution is -2.25. The highest BCUT2D eigenvalue weighted by Gasteiger charge is 2.25. The van der Waals surface area contributed by atoms with Gasteiger partial charge in [0.25, 0.3) is 0 Å². The summed E-state index contributed by atoms with van der Waals surface area (Å²) in [5.74, 6) is 1.84. The van der Waals surface area contributed by atoms with E-state index in [1.165, 1.54) is 0 Å². The molecule has 0 N–H and O–H groups in total.